The van der Waals surface area contributed by atoms with E-state index in [9.17, 15) is 4.79 Å². The predicted molar refractivity (Wildman–Crippen MR) is 96.1 cm³/mol. The van der Waals surface area contributed by atoms with Gasteiger partial charge in [0.1, 0.15) is 0 Å². The summed E-state index contributed by atoms with van der Waals surface area (Å²) in [5.41, 5.74) is 8.20. The molecule has 0 bridgehead atoms. The van der Waals surface area contributed by atoms with Crippen molar-refractivity contribution in [1.82, 2.24) is 4.90 Å². The van der Waals surface area contributed by atoms with Crippen molar-refractivity contribution in [2.45, 2.75) is 25.7 Å². The summed E-state index contributed by atoms with van der Waals surface area (Å²) in [7, 11) is 1.50. The minimum atomic E-state index is 0.305. The molecule has 0 radical (unpaired) electrons. The van der Waals surface area contributed by atoms with Crippen molar-refractivity contribution in [3.8, 4) is 11.1 Å². The molecule has 122 valence electrons. The van der Waals surface area contributed by atoms with E-state index in [0.29, 0.717) is 12.3 Å². The lowest BCUT2D eigenvalue weighted by atomic mass is 10.0. The third kappa shape index (κ3) is 4.93. The van der Waals surface area contributed by atoms with Crippen LogP contribution in [-0.2, 0) is 11.2 Å². The largest absolute Gasteiger partial charge is 0.343 e. The zero-order chi connectivity index (χ0) is 16.5. The Labute approximate surface area is 139 Å². The highest BCUT2D eigenvalue weighted by Gasteiger charge is 2.17. The molecular formula is C20H26N2O. The summed E-state index contributed by atoms with van der Waals surface area (Å²) < 4.78 is 0. The van der Waals surface area contributed by atoms with Crippen molar-refractivity contribution >= 4 is 5.91 Å². The van der Waals surface area contributed by atoms with E-state index >= 15 is 0 Å². The van der Waals surface area contributed by atoms with Crippen LogP contribution in [0.5, 0.6) is 0 Å². The van der Waals surface area contributed by atoms with E-state index in [1.54, 1.807) is 0 Å². The lowest BCUT2D eigenvalue weighted by Crippen LogP contribution is -2.27. The molecule has 0 atom stereocenters. The molecule has 2 aromatic carbocycles. The van der Waals surface area contributed by atoms with Crippen LogP contribution in [0.15, 0.2) is 54.6 Å². The van der Waals surface area contributed by atoms with Gasteiger partial charge in [0.25, 0.3) is 0 Å². The monoisotopic (exact) mass is 310 g/mol. The molecule has 1 amide bonds. The Bertz CT molecular complexity index is 587. The van der Waals surface area contributed by atoms with E-state index in [1.807, 2.05) is 11.0 Å². The van der Waals surface area contributed by atoms with E-state index in [-0.39, 0.29) is 0 Å². The fourth-order valence-electron chi connectivity index (χ4n) is 2.87. The van der Waals surface area contributed by atoms with Crippen LogP contribution in [0.25, 0.3) is 11.1 Å². The Kier molecular flexibility index (Phi) is 6.82. The fourth-order valence-corrected chi connectivity index (χ4v) is 2.87. The molecular weight excluding hydrogens is 284 g/mol. The van der Waals surface area contributed by atoms with Crippen LogP contribution in [0.1, 0.15) is 24.8 Å². The molecule has 3 rings (SSSR count). The Morgan fingerprint density at radius 1 is 0.913 bits per heavy atom. The summed E-state index contributed by atoms with van der Waals surface area (Å²) in [5, 5.41) is 0. The lowest BCUT2D eigenvalue weighted by molar-refractivity contribution is -0.130. The van der Waals surface area contributed by atoms with Gasteiger partial charge in [-0.15, -0.1) is 0 Å². The van der Waals surface area contributed by atoms with Crippen LogP contribution in [-0.4, -0.2) is 30.9 Å². The SMILES string of the molecule is CN.O=C(CCc1ccc(-c2ccccc2)cc1)N1CCCC1. The zero-order valence-corrected chi connectivity index (χ0v) is 13.9. The topological polar surface area (TPSA) is 46.3 Å². The van der Waals surface area contributed by atoms with E-state index < -0.39 is 0 Å². The third-order valence-corrected chi connectivity index (χ3v) is 4.15. The van der Waals surface area contributed by atoms with Crippen LogP contribution in [0, 0.1) is 0 Å². The summed E-state index contributed by atoms with van der Waals surface area (Å²) in [4.78, 5) is 14.0. The second-order valence-electron chi connectivity index (χ2n) is 5.65. The molecule has 0 aliphatic carbocycles. The molecule has 1 saturated heterocycles. The second kappa shape index (κ2) is 9.11. The standard InChI is InChI=1S/C19H21NO.CH5N/c21-19(20-14-4-5-15-20)13-10-16-8-11-18(12-9-16)17-6-2-1-3-7-17;1-2/h1-3,6-9,11-12H,4-5,10,13-15H2;2H2,1H3. The molecule has 2 aromatic rings. The zero-order valence-electron chi connectivity index (χ0n) is 13.9. The summed E-state index contributed by atoms with van der Waals surface area (Å²) in [6.45, 7) is 1.90. The molecule has 1 fully saturated rings. The average Bonchev–Trinajstić information content (AvgIpc) is 3.17. The van der Waals surface area contributed by atoms with Gasteiger partial charge < -0.3 is 10.6 Å². The molecule has 23 heavy (non-hydrogen) atoms. The number of rotatable bonds is 4. The summed E-state index contributed by atoms with van der Waals surface area (Å²) in [6.07, 6.45) is 3.80. The van der Waals surface area contributed by atoms with Gasteiger partial charge in [-0.05, 0) is 43.0 Å². The summed E-state index contributed by atoms with van der Waals surface area (Å²) in [5.74, 6) is 0.305. The van der Waals surface area contributed by atoms with Gasteiger partial charge in [0.2, 0.25) is 5.91 Å². The minimum Gasteiger partial charge on any atom is -0.343 e. The third-order valence-electron chi connectivity index (χ3n) is 4.15. The number of nitrogens with two attached hydrogens (primary N) is 1. The van der Waals surface area contributed by atoms with E-state index in [4.69, 9.17) is 0 Å². The van der Waals surface area contributed by atoms with Crippen molar-refractivity contribution in [3.63, 3.8) is 0 Å². The van der Waals surface area contributed by atoms with Crippen LogP contribution < -0.4 is 5.73 Å². The molecule has 0 aromatic heterocycles. The maximum absolute atomic E-state index is 12.0. The Morgan fingerprint density at radius 3 is 2.09 bits per heavy atom. The van der Waals surface area contributed by atoms with Crippen molar-refractivity contribution in [2.24, 2.45) is 5.73 Å². The fraction of sp³-hybridized carbons (Fsp3) is 0.350. The Balaban J connectivity index is 0.000000924. The predicted octanol–water partition coefficient (Wildman–Crippen LogP) is 3.48. The van der Waals surface area contributed by atoms with E-state index in [2.05, 4.69) is 54.3 Å². The first kappa shape index (κ1) is 17.2. The van der Waals surface area contributed by atoms with E-state index in [1.165, 1.54) is 23.7 Å². The van der Waals surface area contributed by atoms with Crippen LogP contribution in [0.2, 0.25) is 0 Å². The van der Waals surface area contributed by atoms with Gasteiger partial charge in [0.05, 0.1) is 0 Å². The van der Waals surface area contributed by atoms with Crippen LogP contribution in [0.4, 0.5) is 0 Å². The first-order valence-corrected chi connectivity index (χ1v) is 8.33. The first-order chi connectivity index (χ1) is 11.3. The number of aryl methyl sites for hydroxylation is 1. The maximum atomic E-state index is 12.0. The highest BCUT2D eigenvalue weighted by Crippen LogP contribution is 2.20. The number of nitrogens with zero attached hydrogens (tertiary/aromatic N) is 1. The molecule has 1 heterocycles. The molecule has 0 spiro atoms. The number of hydrogen-bond donors (Lipinski definition) is 1. The average molecular weight is 310 g/mol. The molecule has 3 nitrogen and oxygen atoms in total. The number of likely N-dealkylation sites (tertiary alicyclic amines) is 1. The van der Waals surface area contributed by atoms with Gasteiger partial charge >= 0.3 is 0 Å². The van der Waals surface area contributed by atoms with Gasteiger partial charge in [0.15, 0.2) is 0 Å². The molecule has 1 aliphatic heterocycles. The second-order valence-corrected chi connectivity index (χ2v) is 5.65. The highest BCUT2D eigenvalue weighted by atomic mass is 16.2. The molecule has 0 unspecified atom stereocenters. The Morgan fingerprint density at radius 2 is 1.48 bits per heavy atom. The van der Waals surface area contributed by atoms with Crippen LogP contribution >= 0.6 is 0 Å². The van der Waals surface area contributed by atoms with Gasteiger partial charge in [-0.25, -0.2) is 0 Å². The van der Waals surface area contributed by atoms with Gasteiger partial charge in [-0.1, -0.05) is 54.6 Å². The smallest absolute Gasteiger partial charge is 0.222 e. The summed E-state index contributed by atoms with van der Waals surface area (Å²) in [6, 6.07) is 18.9. The Hall–Kier alpha value is -2.13. The molecule has 1 aliphatic rings. The van der Waals surface area contributed by atoms with Crippen molar-refractivity contribution in [2.75, 3.05) is 20.1 Å². The van der Waals surface area contributed by atoms with Gasteiger partial charge in [-0.2, -0.15) is 0 Å². The molecule has 0 saturated carbocycles. The minimum absolute atomic E-state index is 0.305. The summed E-state index contributed by atoms with van der Waals surface area (Å²) >= 11 is 0. The normalized spacial score (nSPS) is 13.4. The highest BCUT2D eigenvalue weighted by molar-refractivity contribution is 5.76. The van der Waals surface area contributed by atoms with E-state index in [0.717, 1.165) is 32.4 Å². The number of carbonyl (C=O) groups excluding carboxylic acids is 1. The number of amides is 1. The number of hydrogen-bond acceptors (Lipinski definition) is 2. The lowest BCUT2D eigenvalue weighted by Gasteiger charge is -2.14. The number of carbonyl (C=O) groups is 1. The van der Waals surface area contributed by atoms with Crippen molar-refractivity contribution in [1.29, 1.82) is 0 Å². The molecule has 3 heteroatoms. The van der Waals surface area contributed by atoms with Crippen molar-refractivity contribution in [3.05, 3.63) is 60.2 Å². The van der Waals surface area contributed by atoms with Gasteiger partial charge in [-0.3, -0.25) is 4.79 Å². The van der Waals surface area contributed by atoms with Crippen LogP contribution in [0.3, 0.4) is 0 Å². The first-order valence-electron chi connectivity index (χ1n) is 8.33. The molecule has 2 N–H and O–H groups in total. The quantitative estimate of drug-likeness (QED) is 0.939. The maximum Gasteiger partial charge on any atom is 0.222 e. The van der Waals surface area contributed by atoms with Crippen molar-refractivity contribution < 1.29 is 4.79 Å². The van der Waals surface area contributed by atoms with Gasteiger partial charge in [0, 0.05) is 19.5 Å². The number of benzene rings is 2.